The molecule has 0 saturated heterocycles. The molecule has 0 saturated carbocycles. The predicted molar refractivity (Wildman–Crippen MR) is 95.2 cm³/mol. The molecule has 0 radical (unpaired) electrons. The highest BCUT2D eigenvalue weighted by Crippen LogP contribution is 2.17. The maximum atomic E-state index is 12.1. The van der Waals surface area contributed by atoms with Gasteiger partial charge in [-0.2, -0.15) is 4.98 Å². The summed E-state index contributed by atoms with van der Waals surface area (Å²) in [6.07, 6.45) is 3.99. The number of aromatic nitrogens is 3. The summed E-state index contributed by atoms with van der Waals surface area (Å²) in [5.41, 5.74) is 2.67. The van der Waals surface area contributed by atoms with Gasteiger partial charge in [0.1, 0.15) is 0 Å². The van der Waals surface area contributed by atoms with Crippen LogP contribution in [0.1, 0.15) is 12.3 Å². The third-order valence-electron chi connectivity index (χ3n) is 3.64. The molecule has 0 fully saturated rings. The lowest BCUT2D eigenvalue weighted by Crippen LogP contribution is -2.13. The van der Waals surface area contributed by atoms with Crippen LogP contribution in [0.15, 0.2) is 53.3 Å². The number of hydrogen-bond acceptors (Lipinski definition) is 6. The molecule has 0 unspecified atom stereocenters. The van der Waals surface area contributed by atoms with E-state index in [-0.39, 0.29) is 12.3 Å². The van der Waals surface area contributed by atoms with Gasteiger partial charge >= 0.3 is 0 Å². The SMILES string of the molecule is CN(C)c1ccc(NC(=O)CCc2nc(-c3ccncc3)no2)cc1. The normalized spacial score (nSPS) is 10.5. The molecule has 0 aliphatic carbocycles. The second-order valence-corrected chi connectivity index (χ2v) is 5.74. The number of anilines is 2. The Labute approximate surface area is 145 Å². The van der Waals surface area contributed by atoms with Crippen LogP contribution in [0.2, 0.25) is 0 Å². The number of rotatable bonds is 6. The third-order valence-corrected chi connectivity index (χ3v) is 3.64. The minimum atomic E-state index is -0.0961. The first-order valence-corrected chi connectivity index (χ1v) is 7.92. The number of nitrogens with zero attached hydrogens (tertiary/aromatic N) is 4. The summed E-state index contributed by atoms with van der Waals surface area (Å²) in [7, 11) is 3.94. The topological polar surface area (TPSA) is 84.2 Å². The van der Waals surface area contributed by atoms with Gasteiger partial charge in [0.2, 0.25) is 17.6 Å². The molecule has 0 aliphatic rings. The molecule has 1 amide bonds. The Kier molecular flexibility index (Phi) is 5.03. The maximum Gasteiger partial charge on any atom is 0.227 e. The monoisotopic (exact) mass is 337 g/mol. The average Bonchev–Trinajstić information content (AvgIpc) is 3.10. The number of hydrogen-bond donors (Lipinski definition) is 1. The van der Waals surface area contributed by atoms with E-state index in [1.54, 1.807) is 24.5 Å². The Morgan fingerprint density at radius 3 is 2.52 bits per heavy atom. The number of carbonyl (C=O) groups is 1. The smallest absolute Gasteiger partial charge is 0.227 e. The Balaban J connectivity index is 1.53. The fraction of sp³-hybridized carbons (Fsp3) is 0.222. The van der Waals surface area contributed by atoms with Crippen LogP contribution in [0, 0.1) is 0 Å². The summed E-state index contributed by atoms with van der Waals surface area (Å²) >= 11 is 0. The molecule has 0 atom stereocenters. The molecule has 3 rings (SSSR count). The Morgan fingerprint density at radius 2 is 1.84 bits per heavy atom. The molecule has 0 spiro atoms. The summed E-state index contributed by atoms with van der Waals surface area (Å²) in [5.74, 6) is 0.836. The fourth-order valence-electron chi connectivity index (χ4n) is 2.26. The lowest BCUT2D eigenvalue weighted by molar-refractivity contribution is -0.116. The third kappa shape index (κ3) is 4.41. The van der Waals surface area contributed by atoms with Crippen LogP contribution in [-0.4, -0.2) is 35.1 Å². The van der Waals surface area contributed by atoms with Crippen molar-refractivity contribution in [2.45, 2.75) is 12.8 Å². The predicted octanol–water partition coefficient (Wildman–Crippen LogP) is 2.77. The van der Waals surface area contributed by atoms with Crippen LogP contribution in [0.3, 0.4) is 0 Å². The highest BCUT2D eigenvalue weighted by molar-refractivity contribution is 5.90. The van der Waals surface area contributed by atoms with Gasteiger partial charge in [-0.15, -0.1) is 0 Å². The summed E-state index contributed by atoms with van der Waals surface area (Å²) in [4.78, 5) is 22.3. The lowest BCUT2D eigenvalue weighted by atomic mass is 10.2. The van der Waals surface area contributed by atoms with E-state index in [2.05, 4.69) is 20.4 Å². The number of carbonyl (C=O) groups excluding carboxylic acids is 1. The van der Waals surface area contributed by atoms with E-state index in [1.165, 1.54) is 0 Å². The Bertz CT molecular complexity index is 828. The van der Waals surface area contributed by atoms with Gasteiger partial charge in [-0.25, -0.2) is 0 Å². The first-order chi connectivity index (χ1) is 12.1. The molecule has 2 aromatic heterocycles. The minimum Gasteiger partial charge on any atom is -0.378 e. The largest absolute Gasteiger partial charge is 0.378 e. The van der Waals surface area contributed by atoms with E-state index >= 15 is 0 Å². The molecule has 2 heterocycles. The van der Waals surface area contributed by atoms with E-state index < -0.39 is 0 Å². The van der Waals surface area contributed by atoms with Crippen LogP contribution in [0.25, 0.3) is 11.4 Å². The molecular formula is C18H19N5O2. The van der Waals surface area contributed by atoms with Crippen molar-refractivity contribution in [2.24, 2.45) is 0 Å². The van der Waals surface area contributed by atoms with Gasteiger partial charge in [-0.1, -0.05) is 5.16 Å². The molecular weight excluding hydrogens is 318 g/mol. The first kappa shape index (κ1) is 16.6. The van der Waals surface area contributed by atoms with E-state index in [4.69, 9.17) is 4.52 Å². The van der Waals surface area contributed by atoms with Gasteiger partial charge in [-0.05, 0) is 36.4 Å². The van der Waals surface area contributed by atoms with Crippen LogP contribution in [-0.2, 0) is 11.2 Å². The highest BCUT2D eigenvalue weighted by atomic mass is 16.5. The highest BCUT2D eigenvalue weighted by Gasteiger charge is 2.11. The van der Waals surface area contributed by atoms with Crippen molar-refractivity contribution in [2.75, 3.05) is 24.3 Å². The Morgan fingerprint density at radius 1 is 1.12 bits per heavy atom. The van der Waals surface area contributed by atoms with Crippen LogP contribution in [0.4, 0.5) is 11.4 Å². The van der Waals surface area contributed by atoms with Gasteiger partial charge in [0.25, 0.3) is 0 Å². The molecule has 0 bridgehead atoms. The zero-order chi connectivity index (χ0) is 17.6. The lowest BCUT2D eigenvalue weighted by Gasteiger charge is -2.12. The molecule has 7 heteroatoms. The van der Waals surface area contributed by atoms with Gasteiger partial charge < -0.3 is 14.7 Å². The summed E-state index contributed by atoms with van der Waals surface area (Å²) < 4.78 is 5.19. The van der Waals surface area contributed by atoms with Gasteiger partial charge in [-0.3, -0.25) is 9.78 Å². The number of aryl methyl sites for hydroxylation is 1. The average molecular weight is 337 g/mol. The molecule has 1 N–H and O–H groups in total. The van der Waals surface area contributed by atoms with Crippen LogP contribution >= 0.6 is 0 Å². The van der Waals surface area contributed by atoms with Crippen molar-refractivity contribution in [3.05, 3.63) is 54.7 Å². The summed E-state index contributed by atoms with van der Waals surface area (Å²) in [5, 5.41) is 6.79. The van der Waals surface area contributed by atoms with Crippen LogP contribution < -0.4 is 10.2 Å². The molecule has 7 nitrogen and oxygen atoms in total. The van der Waals surface area contributed by atoms with Gasteiger partial charge in [0.15, 0.2) is 0 Å². The number of benzene rings is 1. The number of nitrogens with one attached hydrogen (secondary N) is 1. The summed E-state index contributed by atoms with van der Waals surface area (Å²) in [6.45, 7) is 0. The second-order valence-electron chi connectivity index (χ2n) is 5.74. The standard InChI is InChI=1S/C18H19N5O2/c1-23(2)15-5-3-14(4-6-15)20-16(24)7-8-17-21-18(22-25-17)13-9-11-19-12-10-13/h3-6,9-12H,7-8H2,1-2H3,(H,20,24). The molecule has 128 valence electrons. The first-order valence-electron chi connectivity index (χ1n) is 7.92. The maximum absolute atomic E-state index is 12.1. The summed E-state index contributed by atoms with van der Waals surface area (Å²) in [6, 6.07) is 11.3. The van der Waals surface area contributed by atoms with Crippen molar-refractivity contribution in [3.8, 4) is 11.4 Å². The quantitative estimate of drug-likeness (QED) is 0.744. The van der Waals surface area contributed by atoms with E-state index in [9.17, 15) is 4.79 Å². The van der Waals surface area contributed by atoms with Crippen molar-refractivity contribution >= 4 is 17.3 Å². The van der Waals surface area contributed by atoms with Crippen molar-refractivity contribution in [1.29, 1.82) is 0 Å². The molecule has 0 aliphatic heterocycles. The van der Waals surface area contributed by atoms with Crippen molar-refractivity contribution in [3.63, 3.8) is 0 Å². The van der Waals surface area contributed by atoms with Gasteiger partial charge in [0, 0.05) is 56.3 Å². The minimum absolute atomic E-state index is 0.0961. The van der Waals surface area contributed by atoms with E-state index in [0.29, 0.717) is 18.1 Å². The molecule has 3 aromatic rings. The fourth-order valence-corrected chi connectivity index (χ4v) is 2.26. The van der Waals surface area contributed by atoms with E-state index in [1.807, 2.05) is 43.3 Å². The van der Waals surface area contributed by atoms with Crippen molar-refractivity contribution < 1.29 is 9.32 Å². The van der Waals surface area contributed by atoms with Crippen LogP contribution in [0.5, 0.6) is 0 Å². The zero-order valence-corrected chi connectivity index (χ0v) is 14.1. The molecule has 1 aromatic carbocycles. The number of pyridine rings is 1. The Hall–Kier alpha value is -3.22. The van der Waals surface area contributed by atoms with E-state index in [0.717, 1.165) is 16.9 Å². The van der Waals surface area contributed by atoms with Crippen molar-refractivity contribution in [1.82, 2.24) is 15.1 Å². The second kappa shape index (κ2) is 7.57. The zero-order valence-electron chi connectivity index (χ0n) is 14.1. The van der Waals surface area contributed by atoms with Gasteiger partial charge in [0.05, 0.1) is 0 Å². The molecule has 25 heavy (non-hydrogen) atoms. The number of amides is 1.